The van der Waals surface area contributed by atoms with Crippen LogP contribution in [0.5, 0.6) is 0 Å². The van der Waals surface area contributed by atoms with Crippen LogP contribution < -0.4 is 0 Å². The van der Waals surface area contributed by atoms with Crippen molar-refractivity contribution < 1.29 is 28.5 Å². The molecule has 230 valence electrons. The third kappa shape index (κ3) is 7.43. The van der Waals surface area contributed by atoms with E-state index in [2.05, 4.69) is 43.9 Å². The topological polar surface area (TPSA) is 74.2 Å². The maximum absolute atomic E-state index is 12.6. The molecule has 6 nitrogen and oxygen atoms in total. The van der Waals surface area contributed by atoms with Crippen molar-refractivity contribution in [3.8, 4) is 0 Å². The summed E-state index contributed by atoms with van der Waals surface area (Å²) in [7, 11) is -1.39. The highest BCUT2D eigenvalue weighted by Gasteiger charge is 2.49. The fourth-order valence-corrected chi connectivity index (χ4v) is 8.54. The number of hydrogen-bond donors (Lipinski definition) is 1. The van der Waals surface area contributed by atoms with Crippen LogP contribution in [0, 0.1) is 5.92 Å². The van der Waals surface area contributed by atoms with Gasteiger partial charge in [-0.25, -0.2) is 0 Å². The largest absolute Gasteiger partial charge is 0.411 e. The third-order valence-electron chi connectivity index (χ3n) is 9.34. The minimum absolute atomic E-state index is 0.0234. The molecule has 2 unspecified atom stereocenters. The lowest BCUT2D eigenvalue weighted by Crippen LogP contribution is -2.42. The van der Waals surface area contributed by atoms with Gasteiger partial charge >= 0.3 is 0 Å². The fourth-order valence-electron chi connectivity index (χ4n) is 7.45. The summed E-state index contributed by atoms with van der Waals surface area (Å²) in [4.78, 5) is 12.6. The molecule has 1 aliphatic heterocycles. The Balaban J connectivity index is 0.000000134. The second-order valence-corrected chi connectivity index (χ2v) is 17.9. The van der Waals surface area contributed by atoms with E-state index in [0.29, 0.717) is 12.7 Å². The second kappa shape index (κ2) is 13.8. The van der Waals surface area contributed by atoms with E-state index < -0.39 is 8.32 Å². The maximum atomic E-state index is 12.6. The van der Waals surface area contributed by atoms with Crippen molar-refractivity contribution in [2.24, 2.45) is 5.92 Å². The molecule has 1 saturated heterocycles. The summed E-state index contributed by atoms with van der Waals surface area (Å²) in [5.74, 6) is 0.0642. The minimum Gasteiger partial charge on any atom is -0.411 e. The van der Waals surface area contributed by atoms with Gasteiger partial charge in [-0.3, -0.25) is 4.79 Å². The van der Waals surface area contributed by atoms with Gasteiger partial charge in [-0.15, -0.1) is 0 Å². The molecule has 0 bridgehead atoms. The number of ketones is 1. The van der Waals surface area contributed by atoms with E-state index in [-0.39, 0.29) is 29.7 Å². The first-order valence-corrected chi connectivity index (χ1v) is 19.6. The Labute approximate surface area is 253 Å². The third-order valence-corrected chi connectivity index (χ3v) is 10.3. The lowest BCUT2D eigenvalue weighted by atomic mass is 9.82. The number of ether oxygens (including phenoxy) is 3. The van der Waals surface area contributed by atoms with Gasteiger partial charge in [0.25, 0.3) is 0 Å². The number of aryl methyl sites for hydroxylation is 1. The predicted molar refractivity (Wildman–Crippen MR) is 167 cm³/mol. The van der Waals surface area contributed by atoms with Crippen molar-refractivity contribution in [1.29, 1.82) is 0 Å². The van der Waals surface area contributed by atoms with Crippen molar-refractivity contribution in [3.05, 3.63) is 70.8 Å². The summed E-state index contributed by atoms with van der Waals surface area (Å²) < 4.78 is 23.1. The van der Waals surface area contributed by atoms with Crippen LogP contribution >= 0.6 is 0 Å². The molecule has 1 N–H and O–H groups in total. The molecule has 0 aromatic heterocycles. The Kier molecular flexibility index (Phi) is 10.4. The lowest BCUT2D eigenvalue weighted by Gasteiger charge is -2.34. The van der Waals surface area contributed by atoms with E-state index in [1.807, 2.05) is 24.3 Å². The van der Waals surface area contributed by atoms with Crippen LogP contribution in [-0.2, 0) is 31.5 Å². The Morgan fingerprint density at radius 2 is 1.50 bits per heavy atom. The van der Waals surface area contributed by atoms with Gasteiger partial charge in [0.2, 0.25) is 0 Å². The van der Waals surface area contributed by atoms with E-state index >= 15 is 0 Å². The molecule has 4 aliphatic carbocycles. The van der Waals surface area contributed by atoms with Gasteiger partial charge in [-0.2, -0.15) is 0 Å². The van der Waals surface area contributed by atoms with Gasteiger partial charge < -0.3 is 23.7 Å². The number of hydrogen-bond acceptors (Lipinski definition) is 6. The zero-order valence-electron chi connectivity index (χ0n) is 25.9. The standard InChI is InChI=1S/C16H20O3.C12H18OSi.C7H12O2/c17-9-10-19-16(7-3-4-8-16)14-11-12-5-1-2-6-13(12)15(14)18;1-14(2,3)13-12-9-8-10-6-4-5-7-11(10)12;1-2-4-7(3-1)8-5-6-9-7/h1-2,5-6,14,17H,3-4,7-11H2;4-7,12H,8-9H2,1-3H3;1-6H2. The molecule has 0 radical (unpaired) electrons. The molecular weight excluding hydrogens is 544 g/mol. The Hall–Kier alpha value is -1.87. The first kappa shape index (κ1) is 31.5. The van der Waals surface area contributed by atoms with Crippen LogP contribution in [0.4, 0.5) is 0 Å². The summed E-state index contributed by atoms with van der Waals surface area (Å²) >= 11 is 0. The number of fused-ring (bicyclic) bond motifs is 2. The zero-order valence-corrected chi connectivity index (χ0v) is 26.9. The quantitative estimate of drug-likeness (QED) is 0.357. The number of aliphatic hydroxyl groups is 1. The van der Waals surface area contributed by atoms with E-state index in [1.54, 1.807) is 0 Å². The van der Waals surface area contributed by atoms with Gasteiger partial charge in [0, 0.05) is 18.4 Å². The van der Waals surface area contributed by atoms with Crippen molar-refractivity contribution in [2.75, 3.05) is 26.4 Å². The summed E-state index contributed by atoms with van der Waals surface area (Å²) in [6, 6.07) is 16.6. The monoisotopic (exact) mass is 594 g/mol. The van der Waals surface area contributed by atoms with Gasteiger partial charge in [-0.1, -0.05) is 61.4 Å². The average Bonchev–Trinajstić information content (AvgIpc) is 3.83. The molecule has 3 fully saturated rings. The molecule has 2 saturated carbocycles. The first-order valence-electron chi connectivity index (χ1n) is 16.1. The zero-order chi connectivity index (χ0) is 29.6. The molecule has 1 spiro atoms. The summed E-state index contributed by atoms with van der Waals surface area (Å²) in [6.45, 7) is 8.74. The van der Waals surface area contributed by atoms with Crippen LogP contribution in [-0.4, -0.2) is 57.0 Å². The molecule has 2 atom stereocenters. The highest BCUT2D eigenvalue weighted by Crippen LogP contribution is 2.45. The Morgan fingerprint density at radius 1 is 0.881 bits per heavy atom. The van der Waals surface area contributed by atoms with Crippen LogP contribution in [0.1, 0.15) is 90.9 Å². The molecule has 5 aliphatic rings. The first-order chi connectivity index (χ1) is 20.2. The van der Waals surface area contributed by atoms with E-state index in [0.717, 1.165) is 69.3 Å². The van der Waals surface area contributed by atoms with Crippen molar-refractivity contribution in [1.82, 2.24) is 0 Å². The predicted octanol–water partition coefficient (Wildman–Crippen LogP) is 7.19. The van der Waals surface area contributed by atoms with Crippen molar-refractivity contribution in [3.63, 3.8) is 0 Å². The number of carbonyl (C=O) groups excluding carboxylic acids is 1. The number of aliphatic hydroxyl groups excluding tert-OH is 1. The number of rotatable bonds is 6. The minimum atomic E-state index is -1.39. The van der Waals surface area contributed by atoms with Gasteiger partial charge in [0.05, 0.1) is 44.1 Å². The second-order valence-electron chi connectivity index (χ2n) is 13.4. The average molecular weight is 595 g/mol. The maximum Gasteiger partial charge on any atom is 0.184 e. The van der Waals surface area contributed by atoms with Gasteiger partial charge in [0.1, 0.15) is 0 Å². The van der Waals surface area contributed by atoms with Gasteiger partial charge in [0.15, 0.2) is 19.9 Å². The molecule has 2 aromatic rings. The lowest BCUT2D eigenvalue weighted by molar-refractivity contribution is -0.150. The van der Waals surface area contributed by atoms with Crippen molar-refractivity contribution in [2.45, 2.75) is 108 Å². The van der Waals surface area contributed by atoms with Crippen LogP contribution in [0.3, 0.4) is 0 Å². The number of Topliss-reactive ketones (excluding diaryl/α,β-unsaturated/α-hetero) is 1. The Morgan fingerprint density at radius 3 is 2.14 bits per heavy atom. The fraction of sp³-hybridized carbons (Fsp3) is 0.629. The Bertz CT molecular complexity index is 1150. The highest BCUT2D eigenvalue weighted by molar-refractivity contribution is 6.69. The van der Waals surface area contributed by atoms with Gasteiger partial charge in [-0.05, 0) is 81.3 Å². The smallest absolute Gasteiger partial charge is 0.184 e. The molecule has 2 aromatic carbocycles. The molecular formula is C35H50O6Si. The van der Waals surface area contributed by atoms with E-state index in [1.165, 1.54) is 36.8 Å². The molecule has 0 amide bonds. The molecule has 1 heterocycles. The SMILES string of the molecule is C1CCC2(C1)OCCO2.C[Si](C)(C)OC1CCc2ccccc21.O=C1c2ccccc2CC1C1(OCCO)CCCC1. The van der Waals surface area contributed by atoms with E-state index in [9.17, 15) is 4.79 Å². The van der Waals surface area contributed by atoms with Crippen LogP contribution in [0.15, 0.2) is 48.5 Å². The molecule has 7 heteroatoms. The van der Waals surface area contributed by atoms with Crippen molar-refractivity contribution >= 4 is 14.1 Å². The summed E-state index contributed by atoms with van der Waals surface area (Å²) in [5, 5.41) is 9.01. The summed E-state index contributed by atoms with van der Waals surface area (Å²) in [6.07, 6.45) is 12.4. The molecule has 7 rings (SSSR count). The summed E-state index contributed by atoms with van der Waals surface area (Å²) in [5.41, 5.74) is 4.59. The normalized spacial score (nSPS) is 25.0. The highest BCUT2D eigenvalue weighted by atomic mass is 28.4. The van der Waals surface area contributed by atoms with E-state index in [4.69, 9.17) is 23.7 Å². The molecule has 42 heavy (non-hydrogen) atoms. The number of carbonyl (C=O) groups is 1. The number of benzene rings is 2. The van der Waals surface area contributed by atoms with Crippen LogP contribution in [0.25, 0.3) is 0 Å². The van der Waals surface area contributed by atoms with Crippen LogP contribution in [0.2, 0.25) is 19.6 Å².